The summed E-state index contributed by atoms with van der Waals surface area (Å²) in [5, 5.41) is 6.45. The summed E-state index contributed by atoms with van der Waals surface area (Å²) in [6.45, 7) is 12.4. The molecular formula is C35H52FN5O2. The number of unbranched alkanes of at least 4 members (excludes halogenated alkanes) is 1. The molecule has 4 atom stereocenters. The largest absolute Gasteiger partial charge is 0.334 e. The van der Waals surface area contributed by atoms with Crippen molar-refractivity contribution in [2.24, 2.45) is 5.92 Å². The number of hydrogen-bond acceptors (Lipinski definition) is 4. The van der Waals surface area contributed by atoms with E-state index in [1.54, 1.807) is 29.2 Å². The number of rotatable bonds is 14. The molecule has 2 aromatic carbocycles. The predicted molar refractivity (Wildman–Crippen MR) is 173 cm³/mol. The van der Waals surface area contributed by atoms with Crippen LogP contribution >= 0.6 is 0 Å². The maximum absolute atomic E-state index is 13.8. The lowest BCUT2D eigenvalue weighted by Crippen LogP contribution is -2.71. The van der Waals surface area contributed by atoms with Crippen LogP contribution in [0, 0.1) is 11.7 Å². The number of hydrazine groups is 1. The zero-order valence-corrected chi connectivity index (χ0v) is 27.2. The molecule has 3 rings (SSSR count). The molecule has 236 valence electrons. The number of benzene rings is 2. The molecule has 43 heavy (non-hydrogen) atoms. The van der Waals surface area contributed by atoms with Gasteiger partial charge in [0.25, 0.3) is 0 Å². The van der Waals surface area contributed by atoms with Gasteiger partial charge < -0.3 is 15.1 Å². The van der Waals surface area contributed by atoms with E-state index in [9.17, 15) is 14.0 Å². The monoisotopic (exact) mass is 593 g/mol. The second kappa shape index (κ2) is 16.6. The Morgan fingerprint density at radius 3 is 2.44 bits per heavy atom. The minimum absolute atomic E-state index is 0.0268. The fourth-order valence-corrected chi connectivity index (χ4v) is 6.15. The number of hydrogen-bond donors (Lipinski definition) is 1. The van der Waals surface area contributed by atoms with Gasteiger partial charge in [0, 0.05) is 38.6 Å². The Balaban J connectivity index is 1.88. The number of urea groups is 1. The van der Waals surface area contributed by atoms with Gasteiger partial charge in [-0.3, -0.25) is 4.79 Å². The maximum Gasteiger partial charge on any atom is 0.334 e. The van der Waals surface area contributed by atoms with Gasteiger partial charge in [0.2, 0.25) is 5.91 Å². The Morgan fingerprint density at radius 2 is 1.81 bits per heavy atom. The second-order valence-electron chi connectivity index (χ2n) is 12.3. The average Bonchev–Trinajstić information content (AvgIpc) is 2.98. The predicted octanol–water partition coefficient (Wildman–Crippen LogP) is 6.64. The van der Waals surface area contributed by atoms with Crippen LogP contribution in [-0.4, -0.2) is 77.7 Å². The lowest BCUT2D eigenvalue weighted by atomic mass is 9.91. The van der Waals surface area contributed by atoms with Crippen LogP contribution in [0.3, 0.4) is 0 Å². The zero-order valence-electron chi connectivity index (χ0n) is 27.2. The summed E-state index contributed by atoms with van der Waals surface area (Å²) >= 11 is 0. The Morgan fingerprint density at radius 1 is 1.14 bits per heavy atom. The molecule has 3 amide bonds. The van der Waals surface area contributed by atoms with E-state index in [0.29, 0.717) is 12.5 Å². The van der Waals surface area contributed by atoms with E-state index in [2.05, 4.69) is 82.2 Å². The first kappa shape index (κ1) is 34.3. The fraction of sp³-hybridized carbons (Fsp3) is 0.543. The molecule has 0 aliphatic carbocycles. The SMILES string of the molecule is C/C=C(\C)C(CN(C)CC1N([C@H](C)CC(C)CCCC)C(=O)CN(C)N1C(=O)NCc1ccc(F)cc1)c1ccccc1. The van der Waals surface area contributed by atoms with Crippen LogP contribution in [0.15, 0.2) is 66.2 Å². The summed E-state index contributed by atoms with van der Waals surface area (Å²) in [4.78, 5) is 31.7. The smallest absolute Gasteiger partial charge is 0.333 e. The van der Waals surface area contributed by atoms with Gasteiger partial charge in [-0.2, -0.15) is 0 Å². The van der Waals surface area contributed by atoms with E-state index in [1.165, 1.54) is 29.7 Å². The van der Waals surface area contributed by atoms with Gasteiger partial charge in [0.05, 0.1) is 6.54 Å². The number of allylic oxidation sites excluding steroid dienone is 1. The molecule has 1 aliphatic heterocycles. The van der Waals surface area contributed by atoms with Crippen molar-refractivity contribution in [3.63, 3.8) is 0 Å². The summed E-state index contributed by atoms with van der Waals surface area (Å²) in [6.07, 6.45) is 5.99. The average molecular weight is 594 g/mol. The van der Waals surface area contributed by atoms with Gasteiger partial charge in [-0.05, 0) is 63.4 Å². The van der Waals surface area contributed by atoms with E-state index in [-0.39, 0.29) is 42.8 Å². The Labute approximate surface area is 258 Å². The lowest BCUT2D eigenvalue weighted by Gasteiger charge is -2.51. The van der Waals surface area contributed by atoms with E-state index >= 15 is 0 Å². The molecule has 3 unspecified atom stereocenters. The number of likely N-dealkylation sites (N-methyl/N-ethyl adjacent to an activating group) is 2. The van der Waals surface area contributed by atoms with Crippen molar-refractivity contribution in [1.29, 1.82) is 0 Å². The normalized spacial score (nSPS) is 18.6. The number of nitrogens with one attached hydrogen (secondary N) is 1. The van der Waals surface area contributed by atoms with Crippen LogP contribution < -0.4 is 5.32 Å². The van der Waals surface area contributed by atoms with Crippen LogP contribution in [0.2, 0.25) is 0 Å². The molecule has 0 radical (unpaired) electrons. The van der Waals surface area contributed by atoms with Crippen molar-refractivity contribution < 1.29 is 14.0 Å². The number of nitrogens with zero attached hydrogens (tertiary/aromatic N) is 4. The first-order valence-electron chi connectivity index (χ1n) is 15.8. The molecule has 0 bridgehead atoms. The topological polar surface area (TPSA) is 59.1 Å². The molecule has 1 heterocycles. The molecule has 0 spiro atoms. The van der Waals surface area contributed by atoms with Gasteiger partial charge in [-0.25, -0.2) is 19.2 Å². The third-order valence-electron chi connectivity index (χ3n) is 8.63. The van der Waals surface area contributed by atoms with Crippen LogP contribution in [-0.2, 0) is 11.3 Å². The minimum atomic E-state index is -0.486. The van der Waals surface area contributed by atoms with Gasteiger partial charge >= 0.3 is 6.03 Å². The third-order valence-corrected chi connectivity index (χ3v) is 8.63. The quantitative estimate of drug-likeness (QED) is 0.250. The minimum Gasteiger partial charge on any atom is -0.333 e. The lowest BCUT2D eigenvalue weighted by molar-refractivity contribution is -0.170. The third kappa shape index (κ3) is 9.63. The van der Waals surface area contributed by atoms with Gasteiger partial charge in [-0.1, -0.05) is 87.2 Å². The molecule has 0 aromatic heterocycles. The summed E-state index contributed by atoms with van der Waals surface area (Å²) < 4.78 is 13.4. The molecule has 8 heteroatoms. The fourth-order valence-electron chi connectivity index (χ4n) is 6.15. The second-order valence-corrected chi connectivity index (χ2v) is 12.3. The summed E-state index contributed by atoms with van der Waals surface area (Å²) in [5.41, 5.74) is 3.33. The number of carbonyl (C=O) groups is 2. The highest BCUT2D eigenvalue weighted by atomic mass is 19.1. The molecule has 1 saturated heterocycles. The maximum atomic E-state index is 13.8. The summed E-state index contributed by atoms with van der Waals surface area (Å²) in [6, 6.07) is 16.3. The number of carbonyl (C=O) groups excluding carboxylic acids is 2. The van der Waals surface area contributed by atoms with Crippen LogP contribution in [0.25, 0.3) is 0 Å². The molecule has 2 aromatic rings. The van der Waals surface area contributed by atoms with Crippen molar-refractivity contribution in [3.8, 4) is 0 Å². The van der Waals surface area contributed by atoms with E-state index in [0.717, 1.165) is 31.4 Å². The number of halogens is 1. The highest BCUT2D eigenvalue weighted by Gasteiger charge is 2.43. The molecule has 1 aliphatic rings. The molecule has 7 nitrogen and oxygen atoms in total. The number of amides is 3. The van der Waals surface area contributed by atoms with Crippen molar-refractivity contribution in [3.05, 3.63) is 83.2 Å². The van der Waals surface area contributed by atoms with Crippen LogP contribution in [0.5, 0.6) is 0 Å². The van der Waals surface area contributed by atoms with Gasteiger partial charge in [0.1, 0.15) is 12.0 Å². The van der Waals surface area contributed by atoms with E-state index in [1.807, 2.05) is 11.0 Å². The first-order valence-corrected chi connectivity index (χ1v) is 15.8. The Hall–Kier alpha value is -3.23. The van der Waals surface area contributed by atoms with Crippen molar-refractivity contribution in [2.75, 3.05) is 33.7 Å². The van der Waals surface area contributed by atoms with Gasteiger partial charge in [0.15, 0.2) is 0 Å². The zero-order chi connectivity index (χ0) is 31.5. The van der Waals surface area contributed by atoms with E-state index < -0.39 is 6.17 Å². The van der Waals surface area contributed by atoms with Crippen LogP contribution in [0.4, 0.5) is 9.18 Å². The Kier molecular flexibility index (Phi) is 13.2. The highest BCUT2D eigenvalue weighted by molar-refractivity contribution is 5.82. The van der Waals surface area contributed by atoms with Crippen LogP contribution in [0.1, 0.15) is 77.3 Å². The molecule has 1 N–H and O–H groups in total. The van der Waals surface area contributed by atoms with Gasteiger partial charge in [-0.15, -0.1) is 0 Å². The summed E-state index contributed by atoms with van der Waals surface area (Å²) in [7, 11) is 3.87. The van der Waals surface area contributed by atoms with Crippen molar-refractivity contribution >= 4 is 11.9 Å². The standard InChI is InChI=1S/C35H52FN5O2/c1-8-10-14-26(3)21-28(5)40-33(24-38(6)23-32(27(4)9-2)30-15-12-11-13-16-30)41(39(7)25-34(40)42)35(43)37-22-29-17-19-31(36)20-18-29/h9,11-13,15-20,26,28,32-33H,8,10,14,21-25H2,1-7H3,(H,37,43)/b27-9+/t26?,28-,32?,33?/m1/s1. The highest BCUT2D eigenvalue weighted by Crippen LogP contribution is 2.28. The molecule has 1 fully saturated rings. The van der Waals surface area contributed by atoms with Crippen molar-refractivity contribution in [1.82, 2.24) is 25.1 Å². The van der Waals surface area contributed by atoms with Crippen molar-refractivity contribution in [2.45, 2.75) is 85.0 Å². The molecule has 0 saturated carbocycles. The first-order chi connectivity index (χ1) is 20.5. The Bertz CT molecular complexity index is 1190. The summed E-state index contributed by atoms with van der Waals surface area (Å²) in [5.74, 6) is 0.380. The molecular weight excluding hydrogens is 541 g/mol. The van der Waals surface area contributed by atoms with E-state index in [4.69, 9.17) is 0 Å².